The lowest BCUT2D eigenvalue weighted by Crippen LogP contribution is -2.39. The highest BCUT2D eigenvalue weighted by atomic mass is 16.4. The number of nitrogens with zero attached hydrogens (tertiary/aromatic N) is 1. The number of hydrogen-bond donors (Lipinski definition) is 3. The van der Waals surface area contributed by atoms with Gasteiger partial charge in [0.25, 0.3) is 0 Å². The number of nitrogens with one attached hydrogen (secondary N) is 2. The maximum atomic E-state index is 12.2. The summed E-state index contributed by atoms with van der Waals surface area (Å²) in [7, 11) is 0. The Labute approximate surface area is 124 Å². The molecule has 0 aromatic carbocycles. The summed E-state index contributed by atoms with van der Waals surface area (Å²) < 4.78 is 0. The van der Waals surface area contributed by atoms with E-state index in [0.717, 1.165) is 37.2 Å². The van der Waals surface area contributed by atoms with Gasteiger partial charge in [0.2, 0.25) is 5.91 Å². The van der Waals surface area contributed by atoms with Crippen LogP contribution >= 0.6 is 0 Å². The molecule has 1 atom stereocenters. The molecule has 1 heterocycles. The Bertz CT molecular complexity index is 504. The number of carbonyl (C=O) groups is 2. The molecule has 3 N–H and O–H groups in total. The Balaban J connectivity index is 1.93. The average molecular weight is 293 g/mol. The first-order chi connectivity index (χ1) is 9.99. The highest BCUT2D eigenvalue weighted by Gasteiger charge is 2.36. The highest BCUT2D eigenvalue weighted by molar-refractivity contribution is 5.97. The second kappa shape index (κ2) is 6.74. The Morgan fingerprint density at radius 3 is 2.62 bits per heavy atom. The van der Waals surface area contributed by atoms with Gasteiger partial charge in [-0.3, -0.25) is 9.59 Å². The molecule has 6 nitrogen and oxygen atoms in total. The van der Waals surface area contributed by atoms with Crippen LogP contribution in [0.2, 0.25) is 0 Å². The molecule has 1 aliphatic carbocycles. The first-order valence-corrected chi connectivity index (χ1v) is 7.53. The molecule has 0 aliphatic heterocycles. The molecule has 0 spiro atoms. The van der Waals surface area contributed by atoms with Crippen LogP contribution in [0.4, 0.5) is 0 Å². The van der Waals surface area contributed by atoms with Crippen molar-refractivity contribution in [1.82, 2.24) is 15.3 Å². The van der Waals surface area contributed by atoms with Crippen LogP contribution in [0.3, 0.4) is 0 Å². The quantitative estimate of drug-likeness (QED) is 0.699. The monoisotopic (exact) mass is 293 g/mol. The smallest absolute Gasteiger partial charge is 0.316 e. The number of amides is 1. The van der Waals surface area contributed by atoms with Crippen LogP contribution in [-0.4, -0.2) is 27.0 Å². The van der Waals surface area contributed by atoms with E-state index in [2.05, 4.69) is 15.3 Å². The molecule has 1 saturated carbocycles. The first kappa shape index (κ1) is 15.5. The van der Waals surface area contributed by atoms with Gasteiger partial charge in [-0.2, -0.15) is 0 Å². The maximum Gasteiger partial charge on any atom is 0.316 e. The molecule has 0 bridgehead atoms. The summed E-state index contributed by atoms with van der Waals surface area (Å²) in [6.45, 7) is 4.35. The zero-order valence-electron chi connectivity index (χ0n) is 12.6. The number of aromatic amines is 1. The van der Waals surface area contributed by atoms with Crippen LogP contribution in [0, 0.1) is 11.8 Å². The van der Waals surface area contributed by atoms with Crippen molar-refractivity contribution < 1.29 is 14.7 Å². The molecule has 1 aromatic rings. The third kappa shape index (κ3) is 3.83. The molecule has 1 aromatic heterocycles. The number of aliphatic carboxylic acids is 1. The van der Waals surface area contributed by atoms with Crippen LogP contribution in [-0.2, 0) is 16.1 Å². The summed E-state index contributed by atoms with van der Waals surface area (Å²) in [5, 5.41) is 12.0. The van der Waals surface area contributed by atoms with Gasteiger partial charge in [-0.25, -0.2) is 4.98 Å². The van der Waals surface area contributed by atoms with Gasteiger partial charge in [-0.1, -0.05) is 26.7 Å². The lowest BCUT2D eigenvalue weighted by Gasteiger charge is -2.18. The topological polar surface area (TPSA) is 95.1 Å². The molecule has 1 amide bonds. The van der Waals surface area contributed by atoms with Crippen molar-refractivity contribution in [3.63, 3.8) is 0 Å². The van der Waals surface area contributed by atoms with E-state index >= 15 is 0 Å². The van der Waals surface area contributed by atoms with Crippen molar-refractivity contribution in [1.29, 1.82) is 0 Å². The van der Waals surface area contributed by atoms with Crippen LogP contribution in [0.25, 0.3) is 0 Å². The molecule has 6 heteroatoms. The van der Waals surface area contributed by atoms with Crippen LogP contribution in [0.1, 0.15) is 57.0 Å². The van der Waals surface area contributed by atoms with Gasteiger partial charge in [0.1, 0.15) is 11.7 Å². The number of imidazole rings is 1. The normalized spacial score (nSPS) is 17.1. The zero-order chi connectivity index (χ0) is 15.4. The SMILES string of the molecule is CC(C)c1ncc(CNC(=O)C(C(=O)O)C2CCCC2)[nH]1. The van der Waals surface area contributed by atoms with Gasteiger partial charge in [0, 0.05) is 5.92 Å². The van der Waals surface area contributed by atoms with Gasteiger partial charge >= 0.3 is 5.97 Å². The lowest BCUT2D eigenvalue weighted by atomic mass is 9.90. The van der Waals surface area contributed by atoms with Crippen molar-refractivity contribution >= 4 is 11.9 Å². The number of carboxylic acids is 1. The molecular weight excluding hydrogens is 270 g/mol. The fourth-order valence-corrected chi connectivity index (χ4v) is 2.87. The van der Waals surface area contributed by atoms with Crippen LogP contribution in [0.5, 0.6) is 0 Å². The molecule has 1 unspecified atom stereocenters. The minimum absolute atomic E-state index is 0.0320. The molecule has 0 saturated heterocycles. The van der Waals surface area contributed by atoms with Gasteiger partial charge in [-0.15, -0.1) is 0 Å². The number of rotatable bonds is 6. The first-order valence-electron chi connectivity index (χ1n) is 7.53. The van der Waals surface area contributed by atoms with Crippen molar-refractivity contribution in [2.24, 2.45) is 11.8 Å². The van der Waals surface area contributed by atoms with Crippen LogP contribution < -0.4 is 5.32 Å². The second-order valence-electron chi connectivity index (χ2n) is 6.03. The van der Waals surface area contributed by atoms with Gasteiger partial charge < -0.3 is 15.4 Å². The number of H-pyrrole nitrogens is 1. The highest BCUT2D eigenvalue weighted by Crippen LogP contribution is 2.31. The Kier molecular flexibility index (Phi) is 4.98. The lowest BCUT2D eigenvalue weighted by molar-refractivity contribution is -0.149. The van der Waals surface area contributed by atoms with E-state index in [1.54, 1.807) is 6.20 Å². The maximum absolute atomic E-state index is 12.2. The third-order valence-corrected chi connectivity index (χ3v) is 4.07. The number of aromatic nitrogens is 2. The predicted molar refractivity (Wildman–Crippen MR) is 77.6 cm³/mol. The summed E-state index contributed by atoms with van der Waals surface area (Å²) in [6.07, 6.45) is 5.36. The third-order valence-electron chi connectivity index (χ3n) is 4.07. The fourth-order valence-electron chi connectivity index (χ4n) is 2.87. The molecule has 1 aliphatic rings. The summed E-state index contributed by atoms with van der Waals surface area (Å²) >= 11 is 0. The molecule has 116 valence electrons. The summed E-state index contributed by atoms with van der Waals surface area (Å²) in [5.74, 6) is -1.22. The number of carboxylic acid groups (broad SMARTS) is 1. The predicted octanol–water partition coefficient (Wildman–Crippen LogP) is 2.04. The molecule has 0 radical (unpaired) electrons. The van der Waals surface area contributed by atoms with Gasteiger partial charge in [0.15, 0.2) is 0 Å². The number of hydrogen-bond acceptors (Lipinski definition) is 3. The van der Waals surface area contributed by atoms with E-state index in [9.17, 15) is 14.7 Å². The summed E-state index contributed by atoms with van der Waals surface area (Å²) in [5.41, 5.74) is 0.794. The minimum atomic E-state index is -1.02. The van der Waals surface area contributed by atoms with E-state index in [1.165, 1.54) is 0 Å². The summed E-state index contributed by atoms with van der Waals surface area (Å²) in [6, 6.07) is 0. The Morgan fingerprint density at radius 2 is 2.10 bits per heavy atom. The Morgan fingerprint density at radius 1 is 1.43 bits per heavy atom. The van der Waals surface area contributed by atoms with E-state index in [4.69, 9.17) is 0 Å². The van der Waals surface area contributed by atoms with Gasteiger partial charge in [-0.05, 0) is 18.8 Å². The standard InChI is InChI=1S/C15H23N3O3/c1-9(2)13-16-7-11(18-13)8-17-14(19)12(15(20)21)10-5-3-4-6-10/h7,9-10,12H,3-6,8H2,1-2H3,(H,16,18)(H,17,19)(H,20,21). The zero-order valence-corrected chi connectivity index (χ0v) is 12.6. The number of carbonyl (C=O) groups excluding carboxylic acids is 1. The minimum Gasteiger partial charge on any atom is -0.481 e. The van der Waals surface area contributed by atoms with E-state index in [1.807, 2.05) is 13.8 Å². The average Bonchev–Trinajstić information content (AvgIpc) is 3.07. The van der Waals surface area contributed by atoms with E-state index in [0.29, 0.717) is 5.92 Å². The second-order valence-corrected chi connectivity index (χ2v) is 6.03. The summed E-state index contributed by atoms with van der Waals surface area (Å²) in [4.78, 5) is 30.9. The largest absolute Gasteiger partial charge is 0.481 e. The Hall–Kier alpha value is -1.85. The van der Waals surface area contributed by atoms with Gasteiger partial charge in [0.05, 0.1) is 18.4 Å². The molecular formula is C15H23N3O3. The van der Waals surface area contributed by atoms with Crippen molar-refractivity contribution in [3.05, 3.63) is 17.7 Å². The van der Waals surface area contributed by atoms with Crippen molar-refractivity contribution in [2.45, 2.75) is 52.0 Å². The fraction of sp³-hybridized carbons (Fsp3) is 0.667. The van der Waals surface area contributed by atoms with Crippen molar-refractivity contribution in [2.75, 3.05) is 0 Å². The van der Waals surface area contributed by atoms with E-state index in [-0.39, 0.29) is 12.5 Å². The van der Waals surface area contributed by atoms with Crippen molar-refractivity contribution in [3.8, 4) is 0 Å². The molecule has 21 heavy (non-hydrogen) atoms. The van der Waals surface area contributed by atoms with E-state index < -0.39 is 17.8 Å². The molecule has 1 fully saturated rings. The molecule has 2 rings (SSSR count). The van der Waals surface area contributed by atoms with Crippen LogP contribution in [0.15, 0.2) is 6.20 Å².